The molecule has 282 valence electrons. The van der Waals surface area contributed by atoms with E-state index < -0.39 is 0 Å². The van der Waals surface area contributed by atoms with Gasteiger partial charge in [-0.2, -0.15) is 0 Å². The molecule has 11 rings (SSSR count). The number of hydrogen-bond donors (Lipinski definition) is 0. The lowest BCUT2D eigenvalue weighted by molar-refractivity contribution is 1.10. The summed E-state index contributed by atoms with van der Waals surface area (Å²) in [5, 5.41) is 3.75. The molecule has 4 heteroatoms. The summed E-state index contributed by atoms with van der Waals surface area (Å²) in [5.41, 5.74) is 17.4. The van der Waals surface area contributed by atoms with Gasteiger partial charge >= 0.3 is 0 Å². The third-order valence-electron chi connectivity index (χ3n) is 11.4. The largest absolute Gasteiger partial charge is 0.309 e. The van der Waals surface area contributed by atoms with Crippen molar-refractivity contribution in [3.05, 3.63) is 217 Å². The first-order valence-electron chi connectivity index (χ1n) is 20.2. The number of benzene rings is 7. The summed E-state index contributed by atoms with van der Waals surface area (Å²) in [6, 6.07) is 61.7. The van der Waals surface area contributed by atoms with Gasteiger partial charge in [-0.05, 0) is 90.7 Å². The van der Waals surface area contributed by atoms with E-state index in [1.54, 1.807) is 0 Å². The molecule has 3 aromatic heterocycles. The summed E-state index contributed by atoms with van der Waals surface area (Å²) < 4.78 is 4.91. The number of allylic oxidation sites excluding steroid dienone is 1. The predicted molar refractivity (Wildman–Crippen MR) is 248 cm³/mol. The molecule has 1 aliphatic carbocycles. The smallest absolute Gasteiger partial charge is 0.160 e. The quantitative estimate of drug-likeness (QED) is 0.169. The van der Waals surface area contributed by atoms with Crippen molar-refractivity contribution in [1.29, 1.82) is 0 Å². The number of nitrogens with zero attached hydrogens (tertiary/aromatic N) is 4. The Labute approximate surface area is 344 Å². The van der Waals surface area contributed by atoms with Crippen molar-refractivity contribution in [3.8, 4) is 45.1 Å². The molecule has 0 aliphatic heterocycles. The van der Waals surface area contributed by atoms with Crippen molar-refractivity contribution >= 4 is 44.9 Å². The van der Waals surface area contributed by atoms with Crippen LogP contribution in [0.1, 0.15) is 35.0 Å². The molecule has 4 nitrogen and oxygen atoms in total. The van der Waals surface area contributed by atoms with Gasteiger partial charge in [0.1, 0.15) is 0 Å². The van der Waals surface area contributed by atoms with Crippen molar-refractivity contribution in [3.63, 3.8) is 0 Å². The number of hydrogen-bond acceptors (Lipinski definition) is 2. The number of aromatic nitrogens is 4. The Bertz CT molecular complexity index is 3160. The zero-order chi connectivity index (χ0) is 39.9. The van der Waals surface area contributed by atoms with E-state index in [1.165, 1.54) is 60.5 Å². The molecule has 1 aliphatic rings. The molecule has 0 amide bonds. The molecule has 0 atom stereocenters. The van der Waals surface area contributed by atoms with Gasteiger partial charge in [0, 0.05) is 56.3 Å². The molecule has 0 N–H and O–H groups in total. The zero-order valence-corrected chi connectivity index (χ0v) is 33.2. The fourth-order valence-electron chi connectivity index (χ4n) is 8.96. The fourth-order valence-corrected chi connectivity index (χ4v) is 8.96. The topological polar surface area (TPSA) is 35.6 Å². The second-order valence-corrected chi connectivity index (χ2v) is 14.9. The average Bonchev–Trinajstić information content (AvgIpc) is 3.96. The van der Waals surface area contributed by atoms with Gasteiger partial charge < -0.3 is 9.13 Å². The van der Waals surface area contributed by atoms with Gasteiger partial charge in [0.25, 0.3) is 0 Å². The number of fused-ring (bicyclic) bond motifs is 10. The molecular weight excluding hydrogens is 717 g/mol. The van der Waals surface area contributed by atoms with E-state index in [4.69, 9.17) is 9.97 Å². The standard InChI is InChI=1S/C49H36N4.C6H6/c1-4-16-38-42(5-2)52(36-27-25-33(26-28-36)49-50-31(3)29-41(51-49)32-17-8-6-9-18-32)48-45(38)44-37-22-13-12-19-34(37)30-40(44)47-46(48)39-23-14-15-24-43(39)53(47)35-20-10-7-11-21-35;1-2-4-6-5-3-1/h4-29H,2,30H2,1,3H3;1-6H/b16-4-;. The lowest BCUT2D eigenvalue weighted by atomic mass is 9.94. The molecule has 10 aromatic rings. The molecule has 0 fully saturated rings. The van der Waals surface area contributed by atoms with Gasteiger partial charge in [-0.25, -0.2) is 9.97 Å². The lowest BCUT2D eigenvalue weighted by Gasteiger charge is -2.15. The third-order valence-corrected chi connectivity index (χ3v) is 11.4. The number of rotatable bonds is 6. The Hall–Kier alpha value is -7.56. The van der Waals surface area contributed by atoms with Gasteiger partial charge in [-0.15, -0.1) is 0 Å². The van der Waals surface area contributed by atoms with E-state index in [2.05, 4.69) is 150 Å². The van der Waals surface area contributed by atoms with Crippen LogP contribution in [0.4, 0.5) is 0 Å². The average molecular weight is 759 g/mol. The summed E-state index contributed by atoms with van der Waals surface area (Å²) in [6.07, 6.45) is 7.31. The molecule has 59 heavy (non-hydrogen) atoms. The Morgan fingerprint density at radius 2 is 1.22 bits per heavy atom. The minimum Gasteiger partial charge on any atom is -0.309 e. The van der Waals surface area contributed by atoms with Crippen molar-refractivity contribution in [2.24, 2.45) is 0 Å². The molecule has 0 bridgehead atoms. The summed E-state index contributed by atoms with van der Waals surface area (Å²) in [7, 11) is 0. The van der Waals surface area contributed by atoms with Gasteiger partial charge in [-0.3, -0.25) is 0 Å². The molecule has 0 saturated carbocycles. The van der Waals surface area contributed by atoms with Crippen LogP contribution in [0.15, 0.2) is 189 Å². The van der Waals surface area contributed by atoms with Crippen molar-refractivity contribution in [1.82, 2.24) is 19.1 Å². The van der Waals surface area contributed by atoms with Gasteiger partial charge in [0.05, 0.1) is 27.9 Å². The Morgan fingerprint density at radius 1 is 0.593 bits per heavy atom. The van der Waals surface area contributed by atoms with Crippen LogP contribution in [0, 0.1) is 6.92 Å². The molecule has 3 heterocycles. The van der Waals surface area contributed by atoms with E-state index in [1.807, 2.05) is 73.7 Å². The maximum atomic E-state index is 5.01. The minimum atomic E-state index is 0.717. The summed E-state index contributed by atoms with van der Waals surface area (Å²) in [6.45, 7) is 8.56. The van der Waals surface area contributed by atoms with E-state index in [0.717, 1.165) is 46.0 Å². The Balaban J connectivity index is 0.000000646. The number of aryl methyl sites for hydroxylation is 1. The first-order valence-corrected chi connectivity index (χ1v) is 20.2. The number of para-hydroxylation sites is 2. The maximum Gasteiger partial charge on any atom is 0.160 e. The van der Waals surface area contributed by atoms with E-state index in [9.17, 15) is 0 Å². The van der Waals surface area contributed by atoms with E-state index >= 15 is 0 Å². The molecule has 0 unspecified atom stereocenters. The van der Waals surface area contributed by atoms with Crippen molar-refractivity contribution in [2.75, 3.05) is 0 Å². The molecule has 7 aromatic carbocycles. The summed E-state index contributed by atoms with van der Waals surface area (Å²) in [4.78, 5) is 9.88. The third kappa shape index (κ3) is 6.09. The Kier molecular flexibility index (Phi) is 9.15. The highest BCUT2D eigenvalue weighted by Gasteiger charge is 2.32. The highest BCUT2D eigenvalue weighted by atomic mass is 15.0. The maximum absolute atomic E-state index is 5.01. The first-order chi connectivity index (χ1) is 29.1. The van der Waals surface area contributed by atoms with E-state index in [0.29, 0.717) is 5.82 Å². The van der Waals surface area contributed by atoms with E-state index in [-0.39, 0.29) is 0 Å². The zero-order valence-electron chi connectivity index (χ0n) is 33.2. The SMILES string of the molecule is C=Cc1c(/C=C\C)c2c3c(c4c(c5ccccc5n4-c4ccccc4)c2n1-c1ccc(-c2nc(C)cc(-c4ccccc4)n2)cc1)Cc1ccccc1-3.c1ccccc1. The summed E-state index contributed by atoms with van der Waals surface area (Å²) in [5.74, 6) is 0.717. The molecule has 0 radical (unpaired) electrons. The minimum absolute atomic E-state index is 0.717. The lowest BCUT2D eigenvalue weighted by Crippen LogP contribution is -2.00. The van der Waals surface area contributed by atoms with Crippen LogP contribution >= 0.6 is 0 Å². The van der Waals surface area contributed by atoms with Crippen LogP contribution in [0.3, 0.4) is 0 Å². The Morgan fingerprint density at radius 3 is 1.93 bits per heavy atom. The van der Waals surface area contributed by atoms with Crippen LogP contribution in [-0.4, -0.2) is 19.1 Å². The monoisotopic (exact) mass is 758 g/mol. The molecule has 0 spiro atoms. The van der Waals surface area contributed by atoms with Crippen LogP contribution in [0.2, 0.25) is 0 Å². The van der Waals surface area contributed by atoms with Crippen LogP contribution in [0.5, 0.6) is 0 Å². The van der Waals surface area contributed by atoms with Crippen LogP contribution < -0.4 is 0 Å². The second kappa shape index (κ2) is 15.1. The van der Waals surface area contributed by atoms with Crippen molar-refractivity contribution < 1.29 is 0 Å². The second-order valence-electron chi connectivity index (χ2n) is 14.9. The highest BCUT2D eigenvalue weighted by Crippen LogP contribution is 2.52. The predicted octanol–water partition coefficient (Wildman–Crippen LogP) is 14.1. The van der Waals surface area contributed by atoms with Gasteiger partial charge in [0.2, 0.25) is 0 Å². The summed E-state index contributed by atoms with van der Waals surface area (Å²) >= 11 is 0. The van der Waals surface area contributed by atoms with Gasteiger partial charge in [-0.1, -0.05) is 146 Å². The molecule has 0 saturated heterocycles. The fraction of sp³-hybridized carbons (Fsp3) is 0.0545. The molecular formula is C55H42N4. The first kappa shape index (κ1) is 35.8. The van der Waals surface area contributed by atoms with Crippen LogP contribution in [-0.2, 0) is 6.42 Å². The van der Waals surface area contributed by atoms with Crippen LogP contribution in [0.25, 0.3) is 90.0 Å². The van der Waals surface area contributed by atoms with Crippen molar-refractivity contribution in [2.45, 2.75) is 20.3 Å². The van der Waals surface area contributed by atoms with Gasteiger partial charge in [0.15, 0.2) is 5.82 Å². The normalized spacial score (nSPS) is 11.8. The highest BCUT2D eigenvalue weighted by molar-refractivity contribution is 6.28.